The molecule has 1 aliphatic rings. The van der Waals surface area contributed by atoms with Crippen molar-refractivity contribution in [1.29, 1.82) is 0 Å². The smallest absolute Gasteiger partial charge is 0.410 e. The molecule has 1 rings (SSSR count). The van der Waals surface area contributed by atoms with Gasteiger partial charge in [0.25, 0.3) is 0 Å². The van der Waals surface area contributed by atoms with Crippen molar-refractivity contribution < 1.29 is 19.1 Å². The molecule has 0 bridgehead atoms. The Hall–Kier alpha value is -1.79. The summed E-state index contributed by atoms with van der Waals surface area (Å²) in [7, 11) is 1.50. The van der Waals surface area contributed by atoms with Gasteiger partial charge in [-0.25, -0.2) is 4.79 Å². The van der Waals surface area contributed by atoms with E-state index < -0.39 is 23.2 Å². The summed E-state index contributed by atoms with van der Waals surface area (Å²) in [6, 6.07) is -0.620. The number of hydrogen-bond donors (Lipinski definition) is 1. The van der Waals surface area contributed by atoms with Gasteiger partial charge < -0.3 is 19.9 Å². The summed E-state index contributed by atoms with van der Waals surface area (Å²) in [6.45, 7) is 12.4. The topological polar surface area (TPSA) is 79.0 Å². The average Bonchev–Trinajstić information content (AvgIpc) is 2.95. The number of likely N-dealkylation sites (tertiary alicyclic amines) is 1. The molecule has 0 aromatic carbocycles. The molecule has 1 N–H and O–H groups in total. The van der Waals surface area contributed by atoms with Crippen molar-refractivity contribution in [2.45, 2.75) is 66.0 Å². The summed E-state index contributed by atoms with van der Waals surface area (Å²) >= 11 is 0. The predicted octanol–water partition coefficient (Wildman–Crippen LogP) is 2.01. The first-order valence-electron chi connectivity index (χ1n) is 8.83. The molecule has 1 fully saturated rings. The van der Waals surface area contributed by atoms with Crippen LogP contribution in [0.1, 0.15) is 54.4 Å². The third-order valence-electron chi connectivity index (χ3n) is 3.92. The van der Waals surface area contributed by atoms with E-state index in [9.17, 15) is 14.4 Å². The number of ether oxygens (including phenoxy) is 1. The maximum absolute atomic E-state index is 12.7. The molecule has 0 saturated carbocycles. The van der Waals surface area contributed by atoms with Crippen LogP contribution in [0.2, 0.25) is 0 Å². The highest BCUT2D eigenvalue weighted by molar-refractivity contribution is 5.90. The van der Waals surface area contributed by atoms with Crippen LogP contribution in [0.25, 0.3) is 0 Å². The van der Waals surface area contributed by atoms with E-state index in [1.54, 1.807) is 25.7 Å². The number of carbonyl (C=O) groups excluding carboxylic acids is 3. The summed E-state index contributed by atoms with van der Waals surface area (Å²) in [5, 5.41) is 2.80. The SMILES string of the molecule is CN(CC(=O)NC(C(=O)N1CCCC1)C(C)(C)C)C(=O)OC(C)(C)C. The van der Waals surface area contributed by atoms with Crippen molar-refractivity contribution >= 4 is 17.9 Å². The van der Waals surface area contributed by atoms with Crippen molar-refractivity contribution in [3.8, 4) is 0 Å². The molecule has 1 atom stereocenters. The van der Waals surface area contributed by atoms with Crippen LogP contribution in [0.4, 0.5) is 4.79 Å². The molecule has 7 heteroatoms. The lowest BCUT2D eigenvalue weighted by atomic mass is 9.85. The molecule has 0 aromatic rings. The Morgan fingerprint density at radius 1 is 1.08 bits per heavy atom. The molecule has 144 valence electrons. The monoisotopic (exact) mass is 355 g/mol. The molecule has 7 nitrogen and oxygen atoms in total. The van der Waals surface area contributed by atoms with Gasteiger partial charge in [0.1, 0.15) is 18.2 Å². The second-order valence-electron chi connectivity index (χ2n) is 8.74. The van der Waals surface area contributed by atoms with E-state index in [1.807, 2.05) is 20.8 Å². The van der Waals surface area contributed by atoms with Crippen molar-refractivity contribution in [2.75, 3.05) is 26.7 Å². The molecule has 0 spiro atoms. The minimum atomic E-state index is -0.624. The lowest BCUT2D eigenvalue weighted by Gasteiger charge is -2.34. The summed E-state index contributed by atoms with van der Waals surface area (Å²) in [5.41, 5.74) is -1.04. The van der Waals surface area contributed by atoms with E-state index in [4.69, 9.17) is 4.74 Å². The quantitative estimate of drug-likeness (QED) is 0.837. The molecule has 3 amide bonds. The summed E-state index contributed by atoms with van der Waals surface area (Å²) < 4.78 is 5.23. The van der Waals surface area contributed by atoms with Gasteiger partial charge in [-0.1, -0.05) is 20.8 Å². The fourth-order valence-electron chi connectivity index (χ4n) is 2.60. The third kappa shape index (κ3) is 6.92. The minimum Gasteiger partial charge on any atom is -0.444 e. The van der Waals surface area contributed by atoms with Crippen LogP contribution in [-0.4, -0.2) is 66.0 Å². The first-order chi connectivity index (χ1) is 11.3. The molecule has 25 heavy (non-hydrogen) atoms. The van der Waals surface area contributed by atoms with Crippen LogP contribution in [-0.2, 0) is 14.3 Å². The fourth-order valence-corrected chi connectivity index (χ4v) is 2.60. The molecule has 0 aromatic heterocycles. The van der Waals surface area contributed by atoms with E-state index >= 15 is 0 Å². The zero-order chi connectivity index (χ0) is 19.4. The molecular weight excluding hydrogens is 322 g/mol. The van der Waals surface area contributed by atoms with Gasteiger partial charge in [0.05, 0.1) is 0 Å². The average molecular weight is 355 g/mol. The number of nitrogens with one attached hydrogen (secondary N) is 1. The fraction of sp³-hybridized carbons (Fsp3) is 0.833. The predicted molar refractivity (Wildman–Crippen MR) is 96.1 cm³/mol. The minimum absolute atomic E-state index is 0.0572. The van der Waals surface area contributed by atoms with Crippen LogP contribution < -0.4 is 5.32 Å². The Balaban J connectivity index is 2.69. The summed E-state index contributed by atoms with van der Waals surface area (Å²) in [5.74, 6) is -0.431. The Morgan fingerprint density at radius 2 is 1.60 bits per heavy atom. The first-order valence-corrected chi connectivity index (χ1v) is 8.83. The molecule has 1 heterocycles. The van der Waals surface area contributed by atoms with Crippen molar-refractivity contribution in [3.63, 3.8) is 0 Å². The zero-order valence-corrected chi connectivity index (χ0v) is 16.6. The number of carbonyl (C=O) groups is 3. The number of likely N-dealkylation sites (N-methyl/N-ethyl adjacent to an activating group) is 1. The van der Waals surface area contributed by atoms with E-state index in [1.165, 1.54) is 11.9 Å². The van der Waals surface area contributed by atoms with E-state index in [0.29, 0.717) is 0 Å². The van der Waals surface area contributed by atoms with Gasteiger partial charge in [-0.3, -0.25) is 9.59 Å². The van der Waals surface area contributed by atoms with Crippen LogP contribution in [0.3, 0.4) is 0 Å². The molecule has 1 aliphatic heterocycles. The second-order valence-corrected chi connectivity index (χ2v) is 8.74. The Labute approximate surface area is 151 Å². The van der Waals surface area contributed by atoms with Crippen LogP contribution in [0.15, 0.2) is 0 Å². The van der Waals surface area contributed by atoms with E-state index in [-0.39, 0.29) is 18.4 Å². The van der Waals surface area contributed by atoms with E-state index in [0.717, 1.165) is 25.9 Å². The van der Waals surface area contributed by atoms with Gasteiger partial charge in [-0.2, -0.15) is 0 Å². The van der Waals surface area contributed by atoms with Gasteiger partial charge in [-0.05, 0) is 39.0 Å². The van der Waals surface area contributed by atoms with Crippen molar-refractivity contribution in [1.82, 2.24) is 15.1 Å². The Bertz CT molecular complexity index is 499. The first kappa shape index (κ1) is 21.3. The molecule has 1 saturated heterocycles. The largest absolute Gasteiger partial charge is 0.444 e. The Kier molecular flexibility index (Phi) is 6.85. The highest BCUT2D eigenvalue weighted by Gasteiger charge is 2.36. The molecular formula is C18H33N3O4. The standard InChI is InChI=1S/C18H33N3O4/c1-17(2,3)14(15(23)21-10-8-9-11-21)19-13(22)12-20(7)16(24)25-18(4,5)6/h14H,8-12H2,1-7H3,(H,19,22). The van der Waals surface area contributed by atoms with E-state index in [2.05, 4.69) is 5.32 Å². The number of nitrogens with zero attached hydrogens (tertiary/aromatic N) is 2. The normalized spacial score (nSPS) is 16.4. The maximum atomic E-state index is 12.7. The van der Waals surface area contributed by atoms with Crippen molar-refractivity contribution in [2.24, 2.45) is 5.41 Å². The number of amides is 3. The van der Waals surface area contributed by atoms with Gasteiger partial charge in [0.15, 0.2) is 0 Å². The third-order valence-corrected chi connectivity index (χ3v) is 3.92. The zero-order valence-electron chi connectivity index (χ0n) is 16.6. The van der Waals surface area contributed by atoms with Gasteiger partial charge in [0, 0.05) is 20.1 Å². The highest BCUT2D eigenvalue weighted by Crippen LogP contribution is 2.23. The lowest BCUT2D eigenvalue weighted by Crippen LogP contribution is -2.56. The molecule has 0 aliphatic carbocycles. The second kappa shape index (κ2) is 8.06. The Morgan fingerprint density at radius 3 is 2.04 bits per heavy atom. The highest BCUT2D eigenvalue weighted by atomic mass is 16.6. The van der Waals surface area contributed by atoms with Crippen LogP contribution in [0.5, 0.6) is 0 Å². The van der Waals surface area contributed by atoms with Gasteiger partial charge in [-0.15, -0.1) is 0 Å². The number of hydrogen-bond acceptors (Lipinski definition) is 4. The summed E-state index contributed by atoms with van der Waals surface area (Å²) in [6.07, 6.45) is 1.43. The molecule has 0 radical (unpaired) electrons. The van der Waals surface area contributed by atoms with Gasteiger partial charge in [0.2, 0.25) is 11.8 Å². The molecule has 1 unspecified atom stereocenters. The summed E-state index contributed by atoms with van der Waals surface area (Å²) in [4.78, 5) is 40.1. The maximum Gasteiger partial charge on any atom is 0.410 e. The van der Waals surface area contributed by atoms with Crippen LogP contribution >= 0.6 is 0 Å². The van der Waals surface area contributed by atoms with Crippen LogP contribution in [0, 0.1) is 5.41 Å². The lowest BCUT2D eigenvalue weighted by molar-refractivity contribution is -0.138. The van der Waals surface area contributed by atoms with Gasteiger partial charge >= 0.3 is 6.09 Å². The van der Waals surface area contributed by atoms with Crippen molar-refractivity contribution in [3.05, 3.63) is 0 Å². The number of rotatable bonds is 4.